The largest absolute Gasteiger partial charge is 0.334 e. The van der Waals surface area contributed by atoms with E-state index in [0.717, 1.165) is 35.5 Å². The van der Waals surface area contributed by atoms with Crippen molar-refractivity contribution in [2.45, 2.75) is 38.6 Å². The average molecular weight is 412 g/mol. The molecule has 1 saturated heterocycles. The highest BCUT2D eigenvalue weighted by Crippen LogP contribution is 2.32. The Labute approximate surface area is 172 Å². The fourth-order valence-electron chi connectivity index (χ4n) is 3.51. The summed E-state index contributed by atoms with van der Waals surface area (Å²) >= 11 is 1.51. The first kappa shape index (κ1) is 19.4. The minimum absolute atomic E-state index is 0.0379. The van der Waals surface area contributed by atoms with E-state index in [4.69, 9.17) is 4.98 Å². The number of rotatable bonds is 6. The minimum Gasteiger partial charge on any atom is -0.334 e. The normalized spacial score (nSPS) is 16.2. The molecule has 1 atom stereocenters. The molecule has 29 heavy (non-hydrogen) atoms. The molecule has 1 aromatic carbocycles. The third-order valence-corrected chi connectivity index (χ3v) is 5.94. The number of halogens is 1. The predicted molar refractivity (Wildman–Crippen MR) is 111 cm³/mol. The van der Waals surface area contributed by atoms with Gasteiger partial charge in [0.05, 0.1) is 18.2 Å². The molecule has 1 N–H and O–H groups in total. The Morgan fingerprint density at radius 2 is 2.07 bits per heavy atom. The fraction of sp³-hybridized carbons (Fsp3) is 0.333. The number of anilines is 2. The van der Waals surface area contributed by atoms with Gasteiger partial charge in [-0.2, -0.15) is 0 Å². The first-order valence-electron chi connectivity index (χ1n) is 9.72. The van der Waals surface area contributed by atoms with Crippen LogP contribution in [0, 0.1) is 5.82 Å². The van der Waals surface area contributed by atoms with E-state index in [1.807, 2.05) is 30.0 Å². The van der Waals surface area contributed by atoms with Gasteiger partial charge in [0.25, 0.3) is 0 Å². The molecule has 1 aliphatic heterocycles. The molecule has 0 bridgehead atoms. The lowest BCUT2D eigenvalue weighted by molar-refractivity contribution is -0.131. The van der Waals surface area contributed by atoms with Crippen LogP contribution in [0.15, 0.2) is 42.5 Å². The molecule has 1 amide bonds. The standard InChI is InChI=1S/C21H22FN5OS/c1-2-19-25-26-21(29-19)24-18-7-3-5-16(23-18)17-6-4-12-27(17)20(28)13-14-8-10-15(22)11-9-14/h3,5,7-11,17H,2,4,6,12-13H2,1H3,(H,23,24,26)/t17-/m1/s1. The van der Waals surface area contributed by atoms with Crippen LogP contribution in [0.25, 0.3) is 0 Å². The SMILES string of the molecule is CCc1nnc(Nc2cccc([C@H]3CCCN3C(=O)Cc3ccc(F)cc3)n2)s1. The molecule has 0 spiro atoms. The van der Waals surface area contributed by atoms with Gasteiger partial charge in [-0.3, -0.25) is 4.79 Å². The van der Waals surface area contributed by atoms with Crippen molar-refractivity contribution in [2.24, 2.45) is 0 Å². The molecule has 4 rings (SSSR count). The molecule has 8 heteroatoms. The van der Waals surface area contributed by atoms with Gasteiger partial charge in [0.2, 0.25) is 11.0 Å². The third kappa shape index (κ3) is 4.59. The van der Waals surface area contributed by atoms with Gasteiger partial charge in [0, 0.05) is 6.54 Å². The van der Waals surface area contributed by atoms with E-state index in [9.17, 15) is 9.18 Å². The highest BCUT2D eigenvalue weighted by atomic mass is 32.1. The van der Waals surface area contributed by atoms with Gasteiger partial charge in [0.1, 0.15) is 16.6 Å². The second-order valence-electron chi connectivity index (χ2n) is 6.98. The number of hydrogen-bond acceptors (Lipinski definition) is 6. The Balaban J connectivity index is 1.47. The summed E-state index contributed by atoms with van der Waals surface area (Å²) in [4.78, 5) is 19.5. The van der Waals surface area contributed by atoms with Crippen LogP contribution < -0.4 is 5.32 Å². The molecule has 0 aliphatic carbocycles. The van der Waals surface area contributed by atoms with Crippen LogP contribution in [0.4, 0.5) is 15.3 Å². The van der Waals surface area contributed by atoms with Crippen molar-refractivity contribution in [3.63, 3.8) is 0 Å². The Hall–Kier alpha value is -2.87. The summed E-state index contributed by atoms with van der Waals surface area (Å²) in [5.74, 6) is 0.436. The Morgan fingerprint density at radius 1 is 1.24 bits per heavy atom. The van der Waals surface area contributed by atoms with Gasteiger partial charge >= 0.3 is 0 Å². The van der Waals surface area contributed by atoms with Crippen molar-refractivity contribution in [3.05, 3.63) is 64.5 Å². The molecule has 150 valence electrons. The number of aryl methyl sites for hydroxylation is 1. The molecule has 1 aliphatic rings. The third-order valence-electron chi connectivity index (χ3n) is 4.96. The van der Waals surface area contributed by atoms with Crippen molar-refractivity contribution in [1.82, 2.24) is 20.1 Å². The van der Waals surface area contributed by atoms with E-state index in [0.29, 0.717) is 17.5 Å². The number of carbonyl (C=O) groups excluding carboxylic acids is 1. The predicted octanol–water partition coefficient (Wildman–Crippen LogP) is 4.28. The van der Waals surface area contributed by atoms with Gasteiger partial charge in [0.15, 0.2) is 0 Å². The Morgan fingerprint density at radius 3 is 2.83 bits per heavy atom. The van der Waals surface area contributed by atoms with Gasteiger partial charge in [-0.05, 0) is 49.1 Å². The maximum atomic E-state index is 13.1. The average Bonchev–Trinajstić information content (AvgIpc) is 3.39. The fourth-order valence-corrected chi connectivity index (χ4v) is 4.20. The smallest absolute Gasteiger partial charge is 0.227 e. The number of amides is 1. The van der Waals surface area contributed by atoms with E-state index < -0.39 is 0 Å². The first-order chi connectivity index (χ1) is 14.1. The molecule has 0 saturated carbocycles. The van der Waals surface area contributed by atoms with Gasteiger partial charge < -0.3 is 10.2 Å². The summed E-state index contributed by atoms with van der Waals surface area (Å²) in [5.41, 5.74) is 1.67. The summed E-state index contributed by atoms with van der Waals surface area (Å²) in [7, 11) is 0. The molecule has 3 heterocycles. The van der Waals surface area contributed by atoms with Crippen LogP contribution in [-0.4, -0.2) is 32.5 Å². The number of pyridine rings is 1. The topological polar surface area (TPSA) is 71.0 Å². The number of carbonyl (C=O) groups is 1. The van der Waals surface area contributed by atoms with Crippen LogP contribution in [0.2, 0.25) is 0 Å². The Kier molecular flexibility index (Phi) is 5.80. The maximum Gasteiger partial charge on any atom is 0.227 e. The van der Waals surface area contributed by atoms with Crippen LogP contribution in [0.5, 0.6) is 0 Å². The number of benzene rings is 1. The summed E-state index contributed by atoms with van der Waals surface area (Å²) < 4.78 is 13.1. The van der Waals surface area contributed by atoms with Gasteiger partial charge in [-0.25, -0.2) is 9.37 Å². The molecule has 0 radical (unpaired) electrons. The number of nitrogens with zero attached hydrogens (tertiary/aromatic N) is 4. The van der Waals surface area contributed by atoms with Gasteiger partial charge in [-0.15, -0.1) is 10.2 Å². The number of aromatic nitrogens is 3. The van der Waals surface area contributed by atoms with Crippen LogP contribution in [-0.2, 0) is 17.6 Å². The molecular formula is C21H22FN5OS. The summed E-state index contributed by atoms with van der Waals surface area (Å²) in [6, 6.07) is 11.8. The Bertz CT molecular complexity index is 991. The number of nitrogens with one attached hydrogen (secondary N) is 1. The molecule has 6 nitrogen and oxygen atoms in total. The molecule has 3 aromatic rings. The number of hydrogen-bond donors (Lipinski definition) is 1. The molecular weight excluding hydrogens is 389 g/mol. The van der Waals surface area contributed by atoms with Crippen LogP contribution in [0.1, 0.15) is 42.1 Å². The zero-order valence-electron chi connectivity index (χ0n) is 16.1. The van der Waals surface area contributed by atoms with Crippen molar-refractivity contribution in [2.75, 3.05) is 11.9 Å². The number of likely N-dealkylation sites (tertiary alicyclic amines) is 1. The summed E-state index contributed by atoms with van der Waals surface area (Å²) in [5, 5.41) is 13.1. The van der Waals surface area contributed by atoms with E-state index in [-0.39, 0.29) is 24.2 Å². The summed E-state index contributed by atoms with van der Waals surface area (Å²) in [6.45, 7) is 2.75. The van der Waals surface area contributed by atoms with E-state index in [2.05, 4.69) is 15.5 Å². The highest BCUT2D eigenvalue weighted by molar-refractivity contribution is 7.15. The molecule has 0 unspecified atom stereocenters. The second-order valence-corrected chi connectivity index (χ2v) is 8.04. The van der Waals surface area contributed by atoms with Crippen molar-refractivity contribution < 1.29 is 9.18 Å². The highest BCUT2D eigenvalue weighted by Gasteiger charge is 2.31. The van der Waals surface area contributed by atoms with Crippen molar-refractivity contribution >= 4 is 28.2 Å². The monoisotopic (exact) mass is 411 g/mol. The lowest BCUT2D eigenvalue weighted by atomic mass is 10.1. The quantitative estimate of drug-likeness (QED) is 0.655. The lowest BCUT2D eigenvalue weighted by Gasteiger charge is -2.25. The van der Waals surface area contributed by atoms with Crippen LogP contribution in [0.3, 0.4) is 0 Å². The second kappa shape index (κ2) is 8.65. The van der Waals surface area contributed by atoms with Crippen molar-refractivity contribution in [3.8, 4) is 0 Å². The lowest BCUT2D eigenvalue weighted by Crippen LogP contribution is -2.32. The zero-order valence-corrected chi connectivity index (χ0v) is 17.0. The summed E-state index contributed by atoms with van der Waals surface area (Å²) in [6.07, 6.45) is 2.93. The first-order valence-corrected chi connectivity index (χ1v) is 10.5. The van der Waals surface area contributed by atoms with Crippen LogP contribution >= 0.6 is 11.3 Å². The molecule has 2 aromatic heterocycles. The van der Waals surface area contributed by atoms with E-state index in [1.165, 1.54) is 23.5 Å². The van der Waals surface area contributed by atoms with E-state index in [1.54, 1.807) is 12.1 Å². The minimum atomic E-state index is -0.296. The maximum absolute atomic E-state index is 13.1. The van der Waals surface area contributed by atoms with E-state index >= 15 is 0 Å². The van der Waals surface area contributed by atoms with Crippen molar-refractivity contribution in [1.29, 1.82) is 0 Å². The van der Waals surface area contributed by atoms with Gasteiger partial charge in [-0.1, -0.05) is 36.5 Å². The zero-order chi connectivity index (χ0) is 20.2. The molecule has 1 fully saturated rings.